The van der Waals surface area contributed by atoms with Gasteiger partial charge in [0.25, 0.3) is 0 Å². The van der Waals surface area contributed by atoms with Crippen molar-refractivity contribution >= 4 is 19.4 Å². The molecular weight excluding hydrogens is 255 g/mol. The van der Waals surface area contributed by atoms with Crippen molar-refractivity contribution in [1.82, 2.24) is 0 Å². The van der Waals surface area contributed by atoms with Crippen LogP contribution in [0.15, 0.2) is 0 Å². The minimum Gasteiger partial charge on any atom is -0.376 e. The van der Waals surface area contributed by atoms with Gasteiger partial charge in [-0.2, -0.15) is 0 Å². The second kappa shape index (κ2) is 5.80. The van der Waals surface area contributed by atoms with E-state index < -0.39 is 7.82 Å². The fraction of sp³-hybridized carbons (Fsp3) is 1.00. The third kappa shape index (κ3) is 3.42. The van der Waals surface area contributed by atoms with Crippen LogP contribution >= 0.6 is 19.4 Å². The largest absolute Gasteiger partial charge is 0.475 e. The molecule has 2 fully saturated rings. The lowest BCUT2D eigenvalue weighted by molar-refractivity contribution is 0.00887. The monoisotopic (exact) mass is 270 g/mol. The van der Waals surface area contributed by atoms with Gasteiger partial charge in [0.1, 0.15) is 0 Å². The Morgan fingerprint density at radius 2 is 2.19 bits per heavy atom. The molecule has 7 heteroatoms. The van der Waals surface area contributed by atoms with Gasteiger partial charge in [-0.15, -0.1) is 11.6 Å². The molecule has 2 saturated heterocycles. The molecule has 2 rings (SSSR count). The molecule has 2 aliphatic heterocycles. The van der Waals surface area contributed by atoms with Crippen LogP contribution in [0.3, 0.4) is 0 Å². The highest BCUT2D eigenvalue weighted by molar-refractivity contribution is 7.48. The summed E-state index contributed by atoms with van der Waals surface area (Å²) >= 11 is 5.65. The van der Waals surface area contributed by atoms with E-state index in [0.29, 0.717) is 18.9 Å². The number of rotatable bonds is 4. The van der Waals surface area contributed by atoms with Crippen molar-refractivity contribution in [2.45, 2.75) is 31.5 Å². The molecule has 94 valence electrons. The molecule has 0 radical (unpaired) electrons. The van der Waals surface area contributed by atoms with Gasteiger partial charge in [0.15, 0.2) is 0 Å². The number of phosphoric acid groups is 1. The van der Waals surface area contributed by atoms with Crippen LogP contribution in [0.1, 0.15) is 19.3 Å². The number of halogens is 1. The van der Waals surface area contributed by atoms with Gasteiger partial charge in [-0.05, 0) is 19.3 Å². The van der Waals surface area contributed by atoms with Gasteiger partial charge >= 0.3 is 7.82 Å². The van der Waals surface area contributed by atoms with Crippen molar-refractivity contribution in [1.29, 1.82) is 0 Å². The fourth-order valence-electron chi connectivity index (χ4n) is 1.68. The van der Waals surface area contributed by atoms with Gasteiger partial charge in [-0.1, -0.05) is 0 Å². The highest BCUT2D eigenvalue weighted by Gasteiger charge is 2.36. The molecule has 0 aromatic heterocycles. The average Bonchev–Trinajstić information content (AvgIpc) is 2.79. The van der Waals surface area contributed by atoms with E-state index in [2.05, 4.69) is 0 Å². The van der Waals surface area contributed by atoms with E-state index in [4.69, 9.17) is 29.9 Å². The maximum atomic E-state index is 12.0. The molecule has 2 heterocycles. The van der Waals surface area contributed by atoms with Crippen LogP contribution < -0.4 is 0 Å². The first-order valence-electron chi connectivity index (χ1n) is 5.47. The molecule has 1 unspecified atom stereocenters. The van der Waals surface area contributed by atoms with Gasteiger partial charge in [-0.3, -0.25) is 13.6 Å². The van der Waals surface area contributed by atoms with E-state index >= 15 is 0 Å². The predicted octanol–water partition coefficient (Wildman–Crippen LogP) is 2.33. The molecular formula is C9H16ClO5P. The summed E-state index contributed by atoms with van der Waals surface area (Å²) in [5.41, 5.74) is 0. The first kappa shape index (κ1) is 12.8. The van der Waals surface area contributed by atoms with Crippen LogP contribution in [-0.4, -0.2) is 37.9 Å². The van der Waals surface area contributed by atoms with Gasteiger partial charge in [0.05, 0.1) is 25.4 Å². The molecule has 0 aromatic rings. The minimum atomic E-state index is -3.40. The van der Waals surface area contributed by atoms with E-state index in [1.807, 2.05) is 0 Å². The summed E-state index contributed by atoms with van der Waals surface area (Å²) in [7, 11) is -3.40. The summed E-state index contributed by atoms with van der Waals surface area (Å²) in [6.45, 7) is 1.36. The lowest BCUT2D eigenvalue weighted by Gasteiger charge is -2.28. The number of ether oxygens (including phenoxy) is 1. The summed E-state index contributed by atoms with van der Waals surface area (Å²) in [4.78, 5) is 0. The Kier molecular flexibility index (Phi) is 4.65. The van der Waals surface area contributed by atoms with Crippen LogP contribution in [0.4, 0.5) is 0 Å². The number of hydrogen-bond donors (Lipinski definition) is 0. The Morgan fingerprint density at radius 3 is 2.88 bits per heavy atom. The molecule has 0 N–H and O–H groups in total. The van der Waals surface area contributed by atoms with E-state index in [9.17, 15) is 4.57 Å². The number of alkyl halides is 1. The van der Waals surface area contributed by atoms with Crippen molar-refractivity contribution in [2.75, 3.05) is 25.7 Å². The normalized spacial score (nSPS) is 40.1. The lowest BCUT2D eigenvalue weighted by atomic mass is 10.2. The van der Waals surface area contributed by atoms with Crippen LogP contribution in [0.2, 0.25) is 0 Å². The van der Waals surface area contributed by atoms with Crippen LogP contribution in [0, 0.1) is 0 Å². The zero-order valence-electron chi connectivity index (χ0n) is 8.97. The van der Waals surface area contributed by atoms with Gasteiger partial charge < -0.3 is 4.74 Å². The molecule has 0 amide bonds. The number of phosphoric ester groups is 1. The molecule has 0 spiro atoms. The zero-order valence-corrected chi connectivity index (χ0v) is 10.6. The molecule has 0 saturated carbocycles. The van der Waals surface area contributed by atoms with Crippen molar-refractivity contribution < 1.29 is 22.9 Å². The van der Waals surface area contributed by atoms with Gasteiger partial charge in [-0.25, -0.2) is 4.57 Å². The fourth-order valence-corrected chi connectivity index (χ4v) is 3.41. The maximum Gasteiger partial charge on any atom is 0.475 e. The average molecular weight is 271 g/mol. The first-order chi connectivity index (χ1) is 7.72. The van der Waals surface area contributed by atoms with Crippen molar-refractivity contribution in [3.05, 3.63) is 0 Å². The predicted molar refractivity (Wildman–Crippen MR) is 58.7 cm³/mol. The highest BCUT2D eigenvalue weighted by Crippen LogP contribution is 2.53. The Bertz CT molecular complexity index is 269. The van der Waals surface area contributed by atoms with Crippen LogP contribution in [0.25, 0.3) is 0 Å². The minimum absolute atomic E-state index is 0.00871. The Morgan fingerprint density at radius 1 is 1.31 bits per heavy atom. The Labute approximate surface area is 100.0 Å². The summed E-state index contributed by atoms with van der Waals surface area (Å²) < 4.78 is 32.8. The standard InChI is InChI=1S/C9H16ClO5P/c10-6-8-3-5-13-16(11,15-8)14-7-9-2-1-4-12-9/h8-9H,1-7H2/t8-,9?,16-/m0/s1. The molecule has 0 bridgehead atoms. The second-order valence-electron chi connectivity index (χ2n) is 3.88. The van der Waals surface area contributed by atoms with Crippen molar-refractivity contribution in [3.63, 3.8) is 0 Å². The Hall–Kier alpha value is 0.360. The first-order valence-corrected chi connectivity index (χ1v) is 7.46. The third-order valence-electron chi connectivity index (χ3n) is 2.58. The summed E-state index contributed by atoms with van der Waals surface area (Å²) in [6.07, 6.45) is 2.36. The molecule has 2 aliphatic rings. The topological polar surface area (TPSA) is 54.0 Å². The molecule has 3 atom stereocenters. The third-order valence-corrected chi connectivity index (χ3v) is 4.45. The van der Waals surface area contributed by atoms with Crippen LogP contribution in [-0.2, 0) is 22.9 Å². The number of hydrogen-bond acceptors (Lipinski definition) is 5. The summed E-state index contributed by atoms with van der Waals surface area (Å²) in [6, 6.07) is 0. The van der Waals surface area contributed by atoms with E-state index in [1.165, 1.54) is 0 Å². The van der Waals surface area contributed by atoms with E-state index in [-0.39, 0.29) is 18.8 Å². The van der Waals surface area contributed by atoms with Gasteiger partial charge in [0.2, 0.25) is 0 Å². The quantitative estimate of drug-likeness (QED) is 0.580. The van der Waals surface area contributed by atoms with Crippen LogP contribution in [0.5, 0.6) is 0 Å². The van der Waals surface area contributed by atoms with Gasteiger partial charge in [0, 0.05) is 12.5 Å². The molecule has 0 aliphatic carbocycles. The zero-order chi connectivity index (χ0) is 11.4. The van der Waals surface area contributed by atoms with E-state index in [0.717, 1.165) is 19.4 Å². The smallest absolute Gasteiger partial charge is 0.376 e. The van der Waals surface area contributed by atoms with Crippen molar-refractivity contribution in [2.24, 2.45) is 0 Å². The highest BCUT2D eigenvalue weighted by atomic mass is 35.5. The maximum absolute atomic E-state index is 12.0. The Balaban J connectivity index is 1.79. The molecule has 5 nitrogen and oxygen atoms in total. The molecule has 16 heavy (non-hydrogen) atoms. The second-order valence-corrected chi connectivity index (χ2v) is 5.81. The SMILES string of the molecule is O=[P@@]1(OCC2CCCO2)OCC[C@@H](CCl)O1. The van der Waals surface area contributed by atoms with E-state index in [1.54, 1.807) is 0 Å². The molecule has 0 aromatic carbocycles. The lowest BCUT2D eigenvalue weighted by Crippen LogP contribution is -2.24. The summed E-state index contributed by atoms with van der Waals surface area (Å²) in [5.74, 6) is 0.302. The van der Waals surface area contributed by atoms with Crippen molar-refractivity contribution in [3.8, 4) is 0 Å². The summed E-state index contributed by atoms with van der Waals surface area (Å²) in [5, 5.41) is 0.